The van der Waals surface area contributed by atoms with Crippen LogP contribution in [0.15, 0.2) is 48.7 Å². The number of carbonyl (C=O) groups is 4. The maximum Gasteiger partial charge on any atom is 0.419 e. The first kappa shape index (κ1) is 41.5. The van der Waals surface area contributed by atoms with Crippen LogP contribution in [0.2, 0.25) is 0 Å². The molecule has 4 amide bonds. The van der Waals surface area contributed by atoms with Crippen LogP contribution in [-0.2, 0) is 22.3 Å². The fourth-order valence-corrected chi connectivity index (χ4v) is 11.1. The lowest BCUT2D eigenvalue weighted by Gasteiger charge is -2.66. The molecule has 0 spiro atoms. The number of nitriles is 1. The molecule has 9 rings (SSSR count). The van der Waals surface area contributed by atoms with Gasteiger partial charge in [-0.15, -0.1) is 0 Å². The van der Waals surface area contributed by atoms with Gasteiger partial charge in [0.1, 0.15) is 30.2 Å². The van der Waals surface area contributed by atoms with Crippen LogP contribution in [0.4, 0.5) is 18.9 Å². The quantitative estimate of drug-likeness (QED) is 0.254. The predicted molar refractivity (Wildman–Crippen MR) is 217 cm³/mol. The van der Waals surface area contributed by atoms with Gasteiger partial charge in [-0.2, -0.15) is 18.4 Å². The van der Waals surface area contributed by atoms with Gasteiger partial charge in [0.05, 0.1) is 22.9 Å². The van der Waals surface area contributed by atoms with E-state index in [1.54, 1.807) is 12.1 Å². The van der Waals surface area contributed by atoms with E-state index in [1.807, 2.05) is 56.9 Å². The number of carbonyl (C=O) groups excluding carboxylic acids is 4. The lowest BCUT2D eigenvalue weighted by Crippen LogP contribution is -2.74. The third kappa shape index (κ3) is 6.89. The van der Waals surface area contributed by atoms with Gasteiger partial charge in [-0.1, -0.05) is 45.6 Å². The van der Waals surface area contributed by atoms with Crippen LogP contribution in [0.5, 0.6) is 5.75 Å². The predicted octanol–water partition coefficient (Wildman–Crippen LogP) is 5.01. The number of hydrogen-bond acceptors (Lipinski definition) is 11. The molecule has 13 nitrogen and oxygen atoms in total. The van der Waals surface area contributed by atoms with Crippen molar-refractivity contribution in [1.82, 2.24) is 25.0 Å². The molecule has 5 aliphatic heterocycles. The molecule has 6 heterocycles. The molecule has 3 saturated heterocycles. The van der Waals surface area contributed by atoms with E-state index >= 15 is 0 Å². The largest absolute Gasteiger partial charge is 0.488 e. The molecule has 2 atom stereocenters. The third-order valence-corrected chi connectivity index (χ3v) is 13.8. The Labute approximate surface area is 356 Å². The Morgan fingerprint density at radius 1 is 0.935 bits per heavy atom. The number of alkyl halides is 3. The SMILES string of the molecule is CC1(C)C(Oc2cnc(C#N)c(C(F)(F)F)c2)C(C)(C)C1N1Cc2cc(C#CC3CCN(C4CN(c5ccc6c(c5)C(=O)N(C5CCC(=O)NC5=O)C6=O)C4)CC3)ccc2C1O. The van der Waals surface area contributed by atoms with Crippen molar-refractivity contribution in [2.24, 2.45) is 16.7 Å². The maximum absolute atomic E-state index is 13.7. The number of nitrogens with zero attached hydrogens (tertiary/aromatic N) is 6. The van der Waals surface area contributed by atoms with Crippen LogP contribution >= 0.6 is 0 Å². The van der Waals surface area contributed by atoms with Crippen molar-refractivity contribution in [2.75, 3.05) is 31.1 Å². The molecular formula is C46H46F3N7O6. The zero-order valence-electron chi connectivity index (χ0n) is 34.8. The van der Waals surface area contributed by atoms with Crippen LogP contribution in [0.1, 0.15) is 108 Å². The van der Waals surface area contributed by atoms with Crippen LogP contribution in [0.3, 0.4) is 0 Å². The van der Waals surface area contributed by atoms with Crippen molar-refractivity contribution < 1.29 is 42.2 Å². The first-order chi connectivity index (χ1) is 29.4. The Balaban J connectivity index is 0.780. The van der Waals surface area contributed by atoms with E-state index in [4.69, 9.17) is 10.00 Å². The third-order valence-electron chi connectivity index (χ3n) is 13.8. The number of aromatic nitrogens is 1. The number of nitrogens with one attached hydrogen (secondary N) is 1. The molecule has 2 N–H and O–H groups in total. The number of halogens is 3. The molecule has 0 bridgehead atoms. The molecule has 2 aromatic carbocycles. The number of piperidine rings is 2. The van der Waals surface area contributed by atoms with Gasteiger partial charge in [-0.25, -0.2) is 4.98 Å². The maximum atomic E-state index is 13.7. The van der Waals surface area contributed by atoms with Crippen molar-refractivity contribution in [1.29, 1.82) is 5.26 Å². The summed E-state index contributed by atoms with van der Waals surface area (Å²) >= 11 is 0. The van der Waals surface area contributed by atoms with Gasteiger partial charge in [0.15, 0.2) is 5.69 Å². The molecule has 3 aromatic rings. The Kier molecular flexibility index (Phi) is 10.0. The van der Waals surface area contributed by atoms with Crippen molar-refractivity contribution in [2.45, 2.75) is 96.6 Å². The number of hydrogen-bond donors (Lipinski definition) is 2. The number of imide groups is 2. The summed E-state index contributed by atoms with van der Waals surface area (Å²) in [5, 5.41) is 22.9. The molecular weight excluding hydrogens is 804 g/mol. The van der Waals surface area contributed by atoms with E-state index in [-0.39, 0.29) is 41.7 Å². The number of pyridine rings is 1. The molecule has 16 heteroatoms. The number of benzene rings is 2. The van der Waals surface area contributed by atoms with Crippen LogP contribution in [0.25, 0.3) is 0 Å². The van der Waals surface area contributed by atoms with Gasteiger partial charge in [-0.3, -0.25) is 39.2 Å². The minimum Gasteiger partial charge on any atom is -0.488 e. The van der Waals surface area contributed by atoms with Crippen molar-refractivity contribution in [3.63, 3.8) is 0 Å². The van der Waals surface area contributed by atoms with Gasteiger partial charge >= 0.3 is 6.18 Å². The molecule has 1 saturated carbocycles. The number of aliphatic hydroxyl groups is 1. The highest BCUT2D eigenvalue weighted by molar-refractivity contribution is 6.23. The van der Waals surface area contributed by atoms with Crippen LogP contribution in [0, 0.1) is 39.9 Å². The molecule has 4 fully saturated rings. The first-order valence-corrected chi connectivity index (χ1v) is 20.9. The Morgan fingerprint density at radius 3 is 2.32 bits per heavy atom. The monoisotopic (exact) mass is 849 g/mol. The van der Waals surface area contributed by atoms with E-state index in [2.05, 4.69) is 31.9 Å². The number of rotatable bonds is 6. The highest BCUT2D eigenvalue weighted by Crippen LogP contribution is 2.60. The summed E-state index contributed by atoms with van der Waals surface area (Å²) in [6, 6.07) is 12.6. The number of ether oxygens (including phenoxy) is 1. The summed E-state index contributed by atoms with van der Waals surface area (Å²) in [5.74, 6) is 4.97. The summed E-state index contributed by atoms with van der Waals surface area (Å²) in [5.41, 5.74) is 1.05. The standard InChI is InChI=1S/C46H46F3N7O6/c1-44(2)42(45(3,4)43(44)62-30-19-34(46(47,48)49)35(20-50)51-21-30)55-22-27-17-26(7-9-31(27)39(55)59)6-5-25-13-15-53(16-14-25)29-23-54(24-29)28-8-10-32-33(18-28)41(61)56(40(32)60)36-11-12-37(57)52-38(36)58/h7-10,17-19,21,25,29,36,39,42-43,59H,11-16,22-24H2,1-4H3,(H,52,57,58). The fourth-order valence-electron chi connectivity index (χ4n) is 11.1. The van der Waals surface area contributed by atoms with Crippen molar-refractivity contribution in [3.8, 4) is 23.7 Å². The van der Waals surface area contributed by atoms with Crippen molar-refractivity contribution in [3.05, 3.63) is 87.7 Å². The van der Waals surface area contributed by atoms with Crippen molar-refractivity contribution >= 4 is 29.3 Å². The minimum atomic E-state index is -4.76. The summed E-state index contributed by atoms with van der Waals surface area (Å²) in [4.78, 5) is 61.9. The molecule has 0 radical (unpaired) electrons. The lowest BCUT2D eigenvalue weighted by molar-refractivity contribution is -0.235. The second-order valence-electron chi connectivity index (χ2n) is 18.5. The van der Waals surface area contributed by atoms with E-state index < -0.39 is 70.3 Å². The van der Waals surface area contributed by atoms with Gasteiger partial charge in [0.25, 0.3) is 11.8 Å². The van der Waals surface area contributed by atoms with E-state index in [0.29, 0.717) is 12.6 Å². The second kappa shape index (κ2) is 14.9. The van der Waals surface area contributed by atoms with E-state index in [1.165, 1.54) is 6.07 Å². The van der Waals surface area contributed by atoms with Gasteiger partial charge in [0, 0.05) is 66.1 Å². The van der Waals surface area contributed by atoms with E-state index in [9.17, 15) is 37.5 Å². The zero-order chi connectivity index (χ0) is 44.0. The lowest BCUT2D eigenvalue weighted by atomic mass is 9.49. The molecule has 6 aliphatic rings. The molecule has 62 heavy (non-hydrogen) atoms. The summed E-state index contributed by atoms with van der Waals surface area (Å²) in [6.45, 7) is 11.8. The van der Waals surface area contributed by atoms with Gasteiger partial charge in [0.2, 0.25) is 11.8 Å². The molecule has 1 aliphatic carbocycles. The number of likely N-dealkylation sites (tertiary alicyclic amines) is 1. The summed E-state index contributed by atoms with van der Waals surface area (Å²) < 4.78 is 47.1. The fraction of sp³-hybridized carbons (Fsp3) is 0.478. The summed E-state index contributed by atoms with van der Waals surface area (Å²) in [7, 11) is 0. The van der Waals surface area contributed by atoms with Gasteiger partial charge in [-0.05, 0) is 79.9 Å². The van der Waals surface area contributed by atoms with Crippen LogP contribution in [-0.4, -0.2) is 98.8 Å². The van der Waals surface area contributed by atoms with Gasteiger partial charge < -0.3 is 14.7 Å². The highest BCUT2D eigenvalue weighted by atomic mass is 19.4. The molecule has 2 unspecified atom stereocenters. The number of aliphatic hydroxyl groups excluding tert-OH is 1. The smallest absolute Gasteiger partial charge is 0.419 e. The Hall–Kier alpha value is -5.81. The first-order valence-electron chi connectivity index (χ1n) is 20.9. The number of amides is 4. The van der Waals surface area contributed by atoms with E-state index in [0.717, 1.165) is 78.6 Å². The average molecular weight is 850 g/mol. The molecule has 1 aromatic heterocycles. The van der Waals surface area contributed by atoms with Crippen LogP contribution < -0.4 is 15.0 Å². The highest BCUT2D eigenvalue weighted by Gasteiger charge is 2.67. The Bertz CT molecular complexity index is 2490. The second-order valence-corrected chi connectivity index (χ2v) is 18.5. The minimum absolute atomic E-state index is 0.0653. The average Bonchev–Trinajstić information content (AvgIpc) is 3.65. The Morgan fingerprint density at radius 2 is 1.65 bits per heavy atom. The number of fused-ring (bicyclic) bond motifs is 2. The topological polar surface area (TPSA) is 159 Å². The zero-order valence-corrected chi connectivity index (χ0v) is 34.8. The number of anilines is 1. The normalized spacial score (nSPS) is 26.2. The summed E-state index contributed by atoms with van der Waals surface area (Å²) in [6.07, 6.45) is -2.94. The molecule has 322 valence electrons.